The van der Waals surface area contributed by atoms with Crippen LogP contribution in [-0.2, 0) is 4.74 Å². The summed E-state index contributed by atoms with van der Waals surface area (Å²) in [4.78, 5) is 21.0. The smallest absolute Gasteiger partial charge is 0.271 e. The second-order valence-electron chi connectivity index (χ2n) is 6.71. The fourth-order valence-corrected chi connectivity index (χ4v) is 3.54. The number of ether oxygens (including phenoxy) is 2. The number of para-hydroxylation sites is 1. The SMILES string of the molecule is Cc1cnc(C(=O)N[C@@H]2CC3(CCOCC3)Oc3ccccc32)cn1. The lowest BCUT2D eigenvalue weighted by atomic mass is 9.82. The van der Waals surface area contributed by atoms with Gasteiger partial charge in [0, 0.05) is 31.0 Å². The summed E-state index contributed by atoms with van der Waals surface area (Å²) in [5.41, 5.74) is 1.85. The number of fused-ring (bicyclic) bond motifs is 1. The van der Waals surface area contributed by atoms with E-state index in [0.717, 1.165) is 36.3 Å². The molecule has 2 aliphatic heterocycles. The summed E-state index contributed by atoms with van der Waals surface area (Å²) in [5, 5.41) is 3.12. The number of nitrogens with zero attached hydrogens (tertiary/aromatic N) is 2. The van der Waals surface area contributed by atoms with Crippen molar-refractivity contribution in [2.24, 2.45) is 0 Å². The minimum Gasteiger partial charge on any atom is -0.487 e. The van der Waals surface area contributed by atoms with Gasteiger partial charge in [-0.2, -0.15) is 0 Å². The van der Waals surface area contributed by atoms with Crippen molar-refractivity contribution in [1.29, 1.82) is 0 Å². The quantitative estimate of drug-likeness (QED) is 0.910. The number of rotatable bonds is 2. The van der Waals surface area contributed by atoms with Crippen molar-refractivity contribution >= 4 is 5.91 Å². The number of aryl methyl sites for hydroxylation is 1. The van der Waals surface area contributed by atoms with Crippen molar-refractivity contribution in [3.63, 3.8) is 0 Å². The normalized spacial score (nSPS) is 21.2. The van der Waals surface area contributed by atoms with E-state index in [2.05, 4.69) is 15.3 Å². The zero-order valence-electron chi connectivity index (χ0n) is 14.2. The fourth-order valence-electron chi connectivity index (χ4n) is 3.54. The zero-order chi connectivity index (χ0) is 17.3. The summed E-state index contributed by atoms with van der Waals surface area (Å²) < 4.78 is 11.8. The van der Waals surface area contributed by atoms with Gasteiger partial charge in [-0.05, 0) is 13.0 Å². The van der Waals surface area contributed by atoms with Gasteiger partial charge in [-0.15, -0.1) is 0 Å². The summed E-state index contributed by atoms with van der Waals surface area (Å²) in [6.45, 7) is 3.22. The predicted molar refractivity (Wildman–Crippen MR) is 91.4 cm³/mol. The Morgan fingerprint density at radius 1 is 1.20 bits per heavy atom. The molecule has 1 aromatic heterocycles. The summed E-state index contributed by atoms with van der Waals surface area (Å²) in [6, 6.07) is 7.79. The Bertz CT molecular complexity index is 770. The maximum atomic E-state index is 12.6. The molecule has 1 fully saturated rings. The largest absolute Gasteiger partial charge is 0.487 e. The predicted octanol–water partition coefficient (Wildman–Crippen LogP) is 2.59. The van der Waals surface area contributed by atoms with Gasteiger partial charge in [-0.25, -0.2) is 4.98 Å². The van der Waals surface area contributed by atoms with Gasteiger partial charge in [0.25, 0.3) is 5.91 Å². The molecule has 1 saturated heterocycles. The van der Waals surface area contributed by atoms with Crippen LogP contribution in [0.15, 0.2) is 36.7 Å². The van der Waals surface area contributed by atoms with Crippen LogP contribution in [0.5, 0.6) is 5.75 Å². The van der Waals surface area contributed by atoms with Crippen molar-refractivity contribution in [2.45, 2.75) is 37.8 Å². The Morgan fingerprint density at radius 3 is 2.76 bits per heavy atom. The molecule has 1 aromatic carbocycles. The van der Waals surface area contributed by atoms with Crippen molar-refractivity contribution in [3.8, 4) is 5.75 Å². The molecule has 0 radical (unpaired) electrons. The van der Waals surface area contributed by atoms with Crippen LogP contribution in [0.3, 0.4) is 0 Å². The van der Waals surface area contributed by atoms with Gasteiger partial charge in [-0.3, -0.25) is 9.78 Å². The van der Waals surface area contributed by atoms with Crippen LogP contribution in [0, 0.1) is 6.92 Å². The maximum Gasteiger partial charge on any atom is 0.271 e. The summed E-state index contributed by atoms with van der Waals surface area (Å²) >= 11 is 0. The van der Waals surface area contributed by atoms with Crippen LogP contribution in [0.2, 0.25) is 0 Å². The fraction of sp³-hybridized carbons (Fsp3) is 0.421. The summed E-state index contributed by atoms with van der Waals surface area (Å²) in [7, 11) is 0. The topological polar surface area (TPSA) is 73.3 Å². The first kappa shape index (κ1) is 16.0. The number of hydrogen-bond acceptors (Lipinski definition) is 5. The van der Waals surface area contributed by atoms with Crippen molar-refractivity contribution in [1.82, 2.24) is 15.3 Å². The number of carbonyl (C=O) groups excluding carboxylic acids is 1. The number of nitrogens with one attached hydrogen (secondary N) is 1. The molecular formula is C19H21N3O3. The third-order valence-corrected chi connectivity index (χ3v) is 4.92. The molecule has 0 aliphatic carbocycles. The number of carbonyl (C=O) groups is 1. The third kappa shape index (κ3) is 3.22. The lowest BCUT2D eigenvalue weighted by Crippen LogP contribution is -2.48. The molecule has 130 valence electrons. The van der Waals surface area contributed by atoms with Gasteiger partial charge in [-0.1, -0.05) is 18.2 Å². The van der Waals surface area contributed by atoms with E-state index in [0.29, 0.717) is 18.9 Å². The van der Waals surface area contributed by atoms with Crippen LogP contribution in [0.1, 0.15) is 47.1 Å². The second-order valence-corrected chi connectivity index (χ2v) is 6.71. The summed E-state index contributed by atoms with van der Waals surface area (Å²) in [5.74, 6) is 0.632. The number of amides is 1. The number of benzene rings is 1. The van der Waals surface area contributed by atoms with Crippen molar-refractivity contribution in [3.05, 3.63) is 53.6 Å². The van der Waals surface area contributed by atoms with E-state index < -0.39 is 0 Å². The van der Waals surface area contributed by atoms with Crippen molar-refractivity contribution < 1.29 is 14.3 Å². The monoisotopic (exact) mass is 339 g/mol. The second kappa shape index (κ2) is 6.44. The van der Waals surface area contributed by atoms with Crippen LogP contribution in [0.25, 0.3) is 0 Å². The minimum absolute atomic E-state index is 0.112. The molecule has 1 atom stereocenters. The molecule has 1 spiro atoms. The lowest BCUT2D eigenvalue weighted by molar-refractivity contribution is -0.0639. The van der Waals surface area contributed by atoms with Crippen LogP contribution in [0.4, 0.5) is 0 Å². The highest BCUT2D eigenvalue weighted by Crippen LogP contribution is 2.43. The minimum atomic E-state index is -0.274. The molecular weight excluding hydrogens is 318 g/mol. The molecule has 1 amide bonds. The Morgan fingerprint density at radius 2 is 2.00 bits per heavy atom. The molecule has 3 heterocycles. The Kier molecular flexibility index (Phi) is 4.13. The van der Waals surface area contributed by atoms with Crippen LogP contribution >= 0.6 is 0 Å². The van der Waals surface area contributed by atoms with Crippen molar-refractivity contribution in [2.75, 3.05) is 13.2 Å². The van der Waals surface area contributed by atoms with Gasteiger partial charge in [0.1, 0.15) is 17.0 Å². The molecule has 2 aliphatic rings. The van der Waals surface area contributed by atoms with Gasteiger partial charge in [0.05, 0.1) is 31.1 Å². The van der Waals surface area contributed by atoms with Gasteiger partial charge < -0.3 is 14.8 Å². The Hall–Kier alpha value is -2.47. The molecule has 0 bridgehead atoms. The molecule has 6 heteroatoms. The molecule has 2 aromatic rings. The first-order valence-electron chi connectivity index (χ1n) is 8.60. The van der Waals surface area contributed by atoms with E-state index in [9.17, 15) is 4.79 Å². The molecule has 1 N–H and O–H groups in total. The first-order chi connectivity index (χ1) is 12.2. The van der Waals surface area contributed by atoms with E-state index >= 15 is 0 Å². The number of aromatic nitrogens is 2. The third-order valence-electron chi connectivity index (χ3n) is 4.92. The standard InChI is InChI=1S/C19H21N3O3/c1-13-11-21-16(12-20-13)18(23)22-15-10-19(6-8-24-9-7-19)25-17-5-3-2-4-14(15)17/h2-5,11-12,15H,6-10H2,1H3,(H,22,23)/t15-/m1/s1. The van der Waals surface area contributed by atoms with Gasteiger partial charge >= 0.3 is 0 Å². The lowest BCUT2D eigenvalue weighted by Gasteiger charge is -2.44. The van der Waals surface area contributed by atoms with E-state index in [1.165, 1.54) is 6.20 Å². The Labute approximate surface area is 146 Å². The molecule has 4 rings (SSSR count). The first-order valence-corrected chi connectivity index (χ1v) is 8.60. The maximum absolute atomic E-state index is 12.6. The van der Waals surface area contributed by atoms with E-state index in [1.54, 1.807) is 6.20 Å². The van der Waals surface area contributed by atoms with Crippen LogP contribution < -0.4 is 10.1 Å². The zero-order valence-corrected chi connectivity index (χ0v) is 14.2. The molecule has 6 nitrogen and oxygen atoms in total. The highest BCUT2D eigenvalue weighted by atomic mass is 16.5. The van der Waals surface area contributed by atoms with E-state index in [4.69, 9.17) is 9.47 Å². The molecule has 0 unspecified atom stereocenters. The summed E-state index contributed by atoms with van der Waals surface area (Å²) in [6.07, 6.45) is 5.52. The van der Waals surface area contributed by atoms with E-state index in [1.807, 2.05) is 31.2 Å². The highest BCUT2D eigenvalue weighted by Gasteiger charge is 2.42. The van der Waals surface area contributed by atoms with Gasteiger partial charge in [0.2, 0.25) is 0 Å². The number of hydrogen-bond donors (Lipinski definition) is 1. The van der Waals surface area contributed by atoms with Gasteiger partial charge in [0.15, 0.2) is 0 Å². The van der Waals surface area contributed by atoms with Crippen LogP contribution in [-0.4, -0.2) is 34.7 Å². The highest BCUT2D eigenvalue weighted by molar-refractivity contribution is 5.92. The van der Waals surface area contributed by atoms with E-state index in [-0.39, 0.29) is 17.6 Å². The molecule has 25 heavy (non-hydrogen) atoms. The molecule has 0 saturated carbocycles. The average molecular weight is 339 g/mol. The Balaban J connectivity index is 1.60. The average Bonchev–Trinajstić information content (AvgIpc) is 2.63.